The highest BCUT2D eigenvalue weighted by atomic mass is 79.9. The second kappa shape index (κ2) is 15.0. The number of hydrogen-bond donors (Lipinski definition) is 1. The minimum Gasteiger partial charge on any atom is -0.354 e. The smallest absolute Gasteiger partial charge is 0.264 e. The van der Waals surface area contributed by atoms with Crippen molar-refractivity contribution in [3.05, 3.63) is 130 Å². The lowest BCUT2D eigenvalue weighted by Gasteiger charge is -2.34. The van der Waals surface area contributed by atoms with Gasteiger partial charge in [-0.05, 0) is 60.9 Å². The lowest BCUT2D eigenvalue weighted by atomic mass is 10.0. The number of nitrogens with zero attached hydrogens (tertiary/aromatic N) is 2. The van der Waals surface area contributed by atoms with Gasteiger partial charge in [-0.1, -0.05) is 101 Å². The molecule has 0 saturated carbocycles. The summed E-state index contributed by atoms with van der Waals surface area (Å²) in [6.07, 6.45) is 1.01. The number of amides is 2. The van der Waals surface area contributed by atoms with Crippen LogP contribution in [0.3, 0.4) is 0 Å². The molecule has 4 aromatic carbocycles. The lowest BCUT2D eigenvalue weighted by Crippen LogP contribution is -2.53. The molecule has 0 bridgehead atoms. The molecule has 0 spiro atoms. The second-order valence-electron chi connectivity index (χ2n) is 10.3. The van der Waals surface area contributed by atoms with Gasteiger partial charge in [0, 0.05) is 24.0 Å². The van der Waals surface area contributed by atoms with Crippen LogP contribution in [-0.4, -0.2) is 44.3 Å². The van der Waals surface area contributed by atoms with E-state index in [2.05, 4.69) is 21.2 Å². The molecule has 0 saturated heterocycles. The molecule has 0 aliphatic heterocycles. The number of halogens is 1. The lowest BCUT2D eigenvalue weighted by molar-refractivity contribution is -0.140. The molecular weight excluding hydrogens is 626 g/mol. The quantitative estimate of drug-likeness (QED) is 0.187. The summed E-state index contributed by atoms with van der Waals surface area (Å²) in [5.74, 6) is -0.779. The summed E-state index contributed by atoms with van der Waals surface area (Å²) >= 11 is 3.45. The molecule has 0 aliphatic rings. The Labute approximate surface area is 262 Å². The van der Waals surface area contributed by atoms with Crippen molar-refractivity contribution in [2.75, 3.05) is 17.4 Å². The number of para-hydroxylation sites is 1. The fraction of sp³-hybridized carbons (Fsp3) is 0.235. The molecule has 1 atom stereocenters. The van der Waals surface area contributed by atoms with E-state index in [1.165, 1.54) is 4.90 Å². The van der Waals surface area contributed by atoms with Gasteiger partial charge in [-0.2, -0.15) is 0 Å². The number of benzene rings is 4. The van der Waals surface area contributed by atoms with E-state index in [1.54, 1.807) is 54.6 Å². The third kappa shape index (κ3) is 8.55. The number of nitrogens with one attached hydrogen (secondary N) is 1. The molecular formula is C34H36BrN3O4S. The van der Waals surface area contributed by atoms with Crippen molar-refractivity contribution in [2.45, 2.75) is 44.2 Å². The van der Waals surface area contributed by atoms with Crippen LogP contribution in [-0.2, 0) is 32.6 Å². The molecule has 0 aliphatic carbocycles. The summed E-state index contributed by atoms with van der Waals surface area (Å²) in [6.45, 7) is 3.94. The highest BCUT2D eigenvalue weighted by molar-refractivity contribution is 9.10. The SMILES string of the molecule is CCCNC(=O)[C@H](Cc1ccccc1)N(Cc1ccc(Br)cc1)C(=O)CN(c1ccccc1)S(=O)(=O)c1ccc(C)cc1. The van der Waals surface area contributed by atoms with Crippen molar-refractivity contribution in [2.24, 2.45) is 0 Å². The van der Waals surface area contributed by atoms with Crippen molar-refractivity contribution in [3.63, 3.8) is 0 Å². The first kappa shape index (κ1) is 32.0. The van der Waals surface area contributed by atoms with Gasteiger partial charge in [0.25, 0.3) is 10.0 Å². The van der Waals surface area contributed by atoms with Gasteiger partial charge in [0.1, 0.15) is 12.6 Å². The van der Waals surface area contributed by atoms with E-state index in [9.17, 15) is 18.0 Å². The standard InChI is InChI=1S/C34H36BrN3O4S/c1-3-22-36-34(40)32(23-27-10-6-4-7-11-27)37(24-28-16-18-29(35)19-17-28)33(39)25-38(30-12-8-5-9-13-30)43(41,42)31-20-14-26(2)15-21-31/h4-21,32H,3,22-25H2,1-2H3,(H,36,40)/t32-/m0/s1. The van der Waals surface area contributed by atoms with Gasteiger partial charge < -0.3 is 10.2 Å². The van der Waals surface area contributed by atoms with Crippen molar-refractivity contribution in [3.8, 4) is 0 Å². The van der Waals surface area contributed by atoms with Crippen LogP contribution in [0.2, 0.25) is 0 Å². The third-order valence-corrected chi connectivity index (χ3v) is 9.34. The molecule has 7 nitrogen and oxygen atoms in total. The molecule has 0 unspecified atom stereocenters. The largest absolute Gasteiger partial charge is 0.354 e. The molecule has 4 rings (SSSR count). The maximum atomic E-state index is 14.4. The number of rotatable bonds is 13. The Bertz CT molecular complexity index is 1600. The summed E-state index contributed by atoms with van der Waals surface area (Å²) in [7, 11) is -4.12. The average Bonchev–Trinajstić information content (AvgIpc) is 3.02. The van der Waals surface area contributed by atoms with Crippen molar-refractivity contribution < 1.29 is 18.0 Å². The molecule has 1 N–H and O–H groups in total. The number of anilines is 1. The van der Waals surface area contributed by atoms with Crippen LogP contribution >= 0.6 is 15.9 Å². The summed E-state index contributed by atoms with van der Waals surface area (Å²) in [5.41, 5.74) is 2.98. The minimum atomic E-state index is -4.12. The molecule has 4 aromatic rings. The summed E-state index contributed by atoms with van der Waals surface area (Å²) in [4.78, 5) is 29.6. The molecule has 0 fully saturated rings. The third-order valence-electron chi connectivity index (χ3n) is 7.02. The molecule has 0 aromatic heterocycles. The van der Waals surface area contributed by atoms with E-state index in [-0.39, 0.29) is 23.8 Å². The highest BCUT2D eigenvalue weighted by Crippen LogP contribution is 2.25. The fourth-order valence-electron chi connectivity index (χ4n) is 4.67. The Morgan fingerprint density at radius 2 is 1.42 bits per heavy atom. The summed E-state index contributed by atoms with van der Waals surface area (Å²) in [6, 6.07) is 31.3. The van der Waals surface area contributed by atoms with E-state index >= 15 is 0 Å². The first-order valence-corrected chi connectivity index (χ1v) is 16.4. The van der Waals surface area contributed by atoms with Crippen LogP contribution in [0.5, 0.6) is 0 Å². The van der Waals surface area contributed by atoms with Crippen LogP contribution in [0, 0.1) is 6.92 Å². The van der Waals surface area contributed by atoms with Crippen molar-refractivity contribution >= 4 is 43.5 Å². The Kier molecular flexibility index (Phi) is 11.1. The maximum Gasteiger partial charge on any atom is 0.264 e. The van der Waals surface area contributed by atoms with E-state index in [0.29, 0.717) is 12.2 Å². The summed E-state index contributed by atoms with van der Waals surface area (Å²) < 4.78 is 30.0. The molecule has 43 heavy (non-hydrogen) atoms. The van der Waals surface area contributed by atoms with E-state index in [0.717, 1.165) is 31.9 Å². The Balaban J connectivity index is 1.77. The predicted molar refractivity (Wildman–Crippen MR) is 174 cm³/mol. The Hall–Kier alpha value is -3.95. The van der Waals surface area contributed by atoms with Gasteiger partial charge in [-0.25, -0.2) is 8.42 Å². The molecule has 2 amide bonds. The maximum absolute atomic E-state index is 14.4. The van der Waals surface area contributed by atoms with Crippen LogP contribution in [0.15, 0.2) is 119 Å². The highest BCUT2D eigenvalue weighted by Gasteiger charge is 2.34. The fourth-order valence-corrected chi connectivity index (χ4v) is 6.35. The first-order valence-electron chi connectivity index (χ1n) is 14.2. The van der Waals surface area contributed by atoms with Crippen LogP contribution in [0.25, 0.3) is 0 Å². The van der Waals surface area contributed by atoms with E-state index in [1.807, 2.05) is 68.4 Å². The normalized spacial score (nSPS) is 11.9. The zero-order valence-corrected chi connectivity index (χ0v) is 26.7. The predicted octanol–water partition coefficient (Wildman–Crippen LogP) is 6.12. The monoisotopic (exact) mass is 661 g/mol. The van der Waals surface area contributed by atoms with Crippen LogP contribution < -0.4 is 9.62 Å². The molecule has 9 heteroatoms. The van der Waals surface area contributed by atoms with Gasteiger partial charge in [0.05, 0.1) is 10.6 Å². The number of aryl methyl sites for hydroxylation is 1. The van der Waals surface area contributed by atoms with Gasteiger partial charge in [-0.15, -0.1) is 0 Å². The molecule has 0 heterocycles. The number of hydrogen-bond acceptors (Lipinski definition) is 4. The van der Waals surface area contributed by atoms with E-state index in [4.69, 9.17) is 0 Å². The van der Waals surface area contributed by atoms with Gasteiger partial charge >= 0.3 is 0 Å². The van der Waals surface area contributed by atoms with Gasteiger partial charge in [0.15, 0.2) is 0 Å². The molecule has 224 valence electrons. The zero-order chi connectivity index (χ0) is 30.8. The molecule has 0 radical (unpaired) electrons. The van der Waals surface area contributed by atoms with Gasteiger partial charge in [0.2, 0.25) is 11.8 Å². The van der Waals surface area contributed by atoms with Crippen molar-refractivity contribution in [1.82, 2.24) is 10.2 Å². The van der Waals surface area contributed by atoms with E-state index < -0.39 is 28.5 Å². The van der Waals surface area contributed by atoms with Crippen LogP contribution in [0.1, 0.15) is 30.0 Å². The Morgan fingerprint density at radius 1 is 0.814 bits per heavy atom. The van der Waals surface area contributed by atoms with Gasteiger partial charge in [-0.3, -0.25) is 13.9 Å². The average molecular weight is 663 g/mol. The zero-order valence-electron chi connectivity index (χ0n) is 24.3. The first-order chi connectivity index (χ1) is 20.7. The topological polar surface area (TPSA) is 86.8 Å². The number of carbonyl (C=O) groups is 2. The number of carbonyl (C=O) groups excluding carboxylic acids is 2. The van der Waals surface area contributed by atoms with Crippen molar-refractivity contribution in [1.29, 1.82) is 0 Å². The summed E-state index contributed by atoms with van der Waals surface area (Å²) in [5, 5.41) is 2.96. The number of sulfonamides is 1. The van der Waals surface area contributed by atoms with Crippen LogP contribution in [0.4, 0.5) is 5.69 Å². The second-order valence-corrected chi connectivity index (χ2v) is 13.1. The minimum absolute atomic E-state index is 0.0794. The Morgan fingerprint density at radius 3 is 2.02 bits per heavy atom.